The molecule has 0 aliphatic carbocycles. The van der Waals surface area contributed by atoms with Crippen molar-refractivity contribution in [2.75, 3.05) is 6.54 Å². The molecule has 0 bridgehead atoms. The van der Waals surface area contributed by atoms with Crippen LogP contribution in [0.5, 0.6) is 0 Å². The molecule has 2 heterocycles. The lowest BCUT2D eigenvalue weighted by Crippen LogP contribution is -2.22. The Labute approximate surface area is 163 Å². The van der Waals surface area contributed by atoms with E-state index in [2.05, 4.69) is 15.4 Å². The maximum Gasteiger partial charge on any atom is 0.250 e. The van der Waals surface area contributed by atoms with Gasteiger partial charge in [-0.2, -0.15) is 0 Å². The molecule has 0 saturated heterocycles. The van der Waals surface area contributed by atoms with E-state index in [0.29, 0.717) is 17.2 Å². The highest BCUT2D eigenvalue weighted by molar-refractivity contribution is 7.91. The molecule has 1 aliphatic rings. The van der Waals surface area contributed by atoms with Crippen molar-refractivity contribution < 1.29 is 13.2 Å². The van der Waals surface area contributed by atoms with Gasteiger partial charge in [-0.1, -0.05) is 18.2 Å². The molecule has 3 rings (SSSR count). The Balaban J connectivity index is 0.00000243. The van der Waals surface area contributed by atoms with Crippen LogP contribution in [0.2, 0.25) is 0 Å². The average Bonchev–Trinajstić information content (AvgIpc) is 3.21. The number of amides is 1. The molecule has 142 valence electrons. The van der Waals surface area contributed by atoms with Gasteiger partial charge >= 0.3 is 0 Å². The highest BCUT2D eigenvalue weighted by atomic mass is 35.5. The van der Waals surface area contributed by atoms with Crippen molar-refractivity contribution in [1.29, 1.82) is 0 Å². The minimum Gasteiger partial charge on any atom is -0.356 e. The van der Waals surface area contributed by atoms with E-state index < -0.39 is 10.0 Å². The van der Waals surface area contributed by atoms with Crippen molar-refractivity contribution in [1.82, 2.24) is 15.4 Å². The molecule has 0 radical (unpaired) electrons. The third kappa shape index (κ3) is 5.28. The summed E-state index contributed by atoms with van der Waals surface area (Å²) in [5, 5.41) is 5.98. The van der Waals surface area contributed by atoms with Crippen LogP contribution in [0, 0.1) is 0 Å². The Hall–Kier alpha value is -1.45. The normalized spacial score (nSPS) is 13.1. The molecule has 26 heavy (non-hydrogen) atoms. The van der Waals surface area contributed by atoms with Crippen LogP contribution in [0.3, 0.4) is 0 Å². The third-order valence-electron chi connectivity index (χ3n) is 4.02. The summed E-state index contributed by atoms with van der Waals surface area (Å²) in [4.78, 5) is 11.8. The van der Waals surface area contributed by atoms with Gasteiger partial charge in [0.25, 0.3) is 0 Å². The molecule has 2 aromatic rings. The average molecular weight is 416 g/mol. The summed E-state index contributed by atoms with van der Waals surface area (Å²) < 4.78 is 27.9. The van der Waals surface area contributed by atoms with Crippen LogP contribution >= 0.6 is 23.7 Å². The van der Waals surface area contributed by atoms with E-state index in [1.807, 2.05) is 18.2 Å². The molecular weight excluding hydrogens is 394 g/mol. The summed E-state index contributed by atoms with van der Waals surface area (Å²) in [5.74, 6) is -0.0874. The topological polar surface area (TPSA) is 87.3 Å². The van der Waals surface area contributed by atoms with Crippen molar-refractivity contribution in [3.63, 3.8) is 0 Å². The van der Waals surface area contributed by atoms with Crippen LogP contribution in [0.25, 0.3) is 0 Å². The van der Waals surface area contributed by atoms with E-state index in [9.17, 15) is 13.2 Å². The Morgan fingerprint density at radius 2 is 1.96 bits per heavy atom. The molecule has 1 aromatic carbocycles. The van der Waals surface area contributed by atoms with Crippen LogP contribution in [0.4, 0.5) is 0 Å². The summed E-state index contributed by atoms with van der Waals surface area (Å²) in [6.07, 6.45) is 0.623. The second-order valence-electron chi connectivity index (χ2n) is 5.98. The van der Waals surface area contributed by atoms with Gasteiger partial charge < -0.3 is 10.6 Å². The fourth-order valence-electron chi connectivity index (χ4n) is 2.71. The standard InChI is InChI=1S/C17H21N3O3S2.ClH/c1-12(21)19-7-6-16-4-5-17(24-16)25(22,23)20-9-13-2-3-14-10-18-11-15(14)8-13;/h2-5,8,18,20H,6-7,9-11H2,1H3,(H,19,21);1H. The summed E-state index contributed by atoms with van der Waals surface area (Å²) in [5.41, 5.74) is 3.45. The van der Waals surface area contributed by atoms with E-state index in [1.165, 1.54) is 29.4 Å². The summed E-state index contributed by atoms with van der Waals surface area (Å²) >= 11 is 1.23. The SMILES string of the molecule is CC(=O)NCCc1ccc(S(=O)(=O)NCc2ccc3c(c2)CNC3)s1.Cl. The van der Waals surface area contributed by atoms with E-state index in [-0.39, 0.29) is 24.9 Å². The second kappa shape index (κ2) is 8.96. The Morgan fingerprint density at radius 3 is 2.73 bits per heavy atom. The van der Waals surface area contributed by atoms with Crippen molar-refractivity contribution >= 4 is 39.7 Å². The zero-order chi connectivity index (χ0) is 17.9. The molecule has 1 aliphatic heterocycles. The second-order valence-corrected chi connectivity index (χ2v) is 9.15. The van der Waals surface area contributed by atoms with Gasteiger partial charge in [-0.25, -0.2) is 13.1 Å². The van der Waals surface area contributed by atoms with Crippen molar-refractivity contribution in [2.24, 2.45) is 0 Å². The van der Waals surface area contributed by atoms with Crippen LogP contribution < -0.4 is 15.4 Å². The van der Waals surface area contributed by atoms with Crippen LogP contribution in [0.1, 0.15) is 28.5 Å². The molecule has 1 aromatic heterocycles. The van der Waals surface area contributed by atoms with Gasteiger partial charge in [-0.15, -0.1) is 23.7 Å². The number of carbonyl (C=O) groups excluding carboxylic acids is 1. The van der Waals surface area contributed by atoms with Gasteiger partial charge in [0, 0.05) is 38.0 Å². The largest absolute Gasteiger partial charge is 0.356 e. The van der Waals surface area contributed by atoms with Crippen molar-refractivity contribution in [3.8, 4) is 0 Å². The number of halogens is 1. The maximum absolute atomic E-state index is 12.5. The third-order valence-corrected chi connectivity index (χ3v) is 7.05. The predicted octanol–water partition coefficient (Wildman–Crippen LogP) is 1.93. The highest BCUT2D eigenvalue weighted by Gasteiger charge is 2.17. The van der Waals surface area contributed by atoms with Gasteiger partial charge in [-0.05, 0) is 35.2 Å². The summed E-state index contributed by atoms with van der Waals surface area (Å²) in [7, 11) is -3.53. The van der Waals surface area contributed by atoms with Gasteiger partial charge in [0.05, 0.1) is 0 Å². The van der Waals surface area contributed by atoms with Crippen molar-refractivity contribution in [2.45, 2.75) is 37.2 Å². The van der Waals surface area contributed by atoms with Gasteiger partial charge in [0.1, 0.15) is 4.21 Å². The number of thiophene rings is 1. The molecular formula is C17H22ClN3O3S2. The zero-order valence-corrected chi connectivity index (χ0v) is 16.8. The first-order chi connectivity index (χ1) is 11.9. The van der Waals surface area contributed by atoms with E-state index in [4.69, 9.17) is 0 Å². The molecule has 0 saturated carbocycles. The Bertz CT molecular complexity index is 881. The van der Waals surface area contributed by atoms with E-state index >= 15 is 0 Å². The predicted molar refractivity (Wildman–Crippen MR) is 105 cm³/mol. The Morgan fingerprint density at radius 1 is 1.19 bits per heavy atom. The molecule has 9 heteroatoms. The molecule has 3 N–H and O–H groups in total. The lowest BCUT2D eigenvalue weighted by atomic mass is 10.1. The molecule has 0 spiro atoms. The van der Waals surface area contributed by atoms with Crippen molar-refractivity contribution in [3.05, 3.63) is 51.9 Å². The lowest BCUT2D eigenvalue weighted by Gasteiger charge is -2.07. The quantitative estimate of drug-likeness (QED) is 0.644. The number of fused-ring (bicyclic) bond motifs is 1. The zero-order valence-electron chi connectivity index (χ0n) is 14.4. The Kier molecular flexibility index (Phi) is 7.19. The minimum atomic E-state index is -3.53. The first-order valence-corrected chi connectivity index (χ1v) is 10.4. The summed E-state index contributed by atoms with van der Waals surface area (Å²) in [6, 6.07) is 9.46. The summed E-state index contributed by atoms with van der Waals surface area (Å²) in [6.45, 7) is 3.94. The molecule has 6 nitrogen and oxygen atoms in total. The molecule has 1 amide bonds. The van der Waals surface area contributed by atoms with Gasteiger partial charge in [0.2, 0.25) is 15.9 Å². The van der Waals surface area contributed by atoms with E-state index in [0.717, 1.165) is 23.5 Å². The molecule has 0 unspecified atom stereocenters. The monoisotopic (exact) mass is 415 g/mol. The number of rotatable bonds is 7. The number of hydrogen-bond acceptors (Lipinski definition) is 5. The van der Waals surface area contributed by atoms with Gasteiger partial charge in [0.15, 0.2) is 0 Å². The van der Waals surface area contributed by atoms with E-state index in [1.54, 1.807) is 12.1 Å². The number of carbonyl (C=O) groups is 1. The number of nitrogens with one attached hydrogen (secondary N) is 3. The van der Waals surface area contributed by atoms with Crippen LogP contribution in [-0.2, 0) is 40.9 Å². The van der Waals surface area contributed by atoms with Crippen LogP contribution in [0.15, 0.2) is 34.5 Å². The number of sulfonamides is 1. The van der Waals surface area contributed by atoms with Gasteiger partial charge in [-0.3, -0.25) is 4.79 Å². The van der Waals surface area contributed by atoms with Crippen LogP contribution in [-0.4, -0.2) is 20.9 Å². The minimum absolute atomic E-state index is 0. The number of benzene rings is 1. The highest BCUT2D eigenvalue weighted by Crippen LogP contribution is 2.22. The first kappa shape index (κ1) is 20.9. The first-order valence-electron chi connectivity index (χ1n) is 8.08. The lowest BCUT2D eigenvalue weighted by molar-refractivity contribution is -0.118. The molecule has 0 atom stereocenters. The molecule has 0 fully saturated rings. The number of hydrogen-bond donors (Lipinski definition) is 3. The maximum atomic E-state index is 12.5. The fraction of sp³-hybridized carbons (Fsp3) is 0.353. The fourth-order valence-corrected chi connectivity index (χ4v) is 5.12. The smallest absolute Gasteiger partial charge is 0.250 e.